The molecule has 2 aliphatic rings. The van der Waals surface area contributed by atoms with E-state index in [4.69, 9.17) is 4.74 Å². The molecule has 0 spiro atoms. The Morgan fingerprint density at radius 2 is 1.95 bits per heavy atom. The van der Waals surface area contributed by atoms with E-state index in [-0.39, 0.29) is 5.78 Å². The number of benzene rings is 1. The largest absolute Gasteiger partial charge is 0.370 e. The van der Waals surface area contributed by atoms with Crippen LogP contribution in [0.25, 0.3) is 0 Å². The number of methoxy groups -OCH3 is 1. The predicted octanol–water partition coefficient (Wildman–Crippen LogP) is 4.10. The quantitative estimate of drug-likeness (QED) is 0.760. The first-order chi connectivity index (χ1) is 9.25. The topological polar surface area (TPSA) is 26.3 Å². The van der Waals surface area contributed by atoms with Crippen molar-refractivity contribution in [3.05, 3.63) is 35.4 Å². The van der Waals surface area contributed by atoms with Crippen LogP contribution < -0.4 is 0 Å². The number of hydrogen-bond donors (Lipinski definition) is 0. The third-order valence-corrected chi connectivity index (χ3v) is 4.94. The molecular weight excluding hydrogens is 236 g/mol. The van der Waals surface area contributed by atoms with Gasteiger partial charge < -0.3 is 4.74 Å². The Kier molecular flexibility index (Phi) is 3.44. The molecule has 1 aromatic carbocycles. The zero-order valence-electron chi connectivity index (χ0n) is 11.7. The molecule has 0 bridgehead atoms. The van der Waals surface area contributed by atoms with Crippen LogP contribution in [0, 0.1) is 0 Å². The fourth-order valence-corrected chi connectivity index (χ4v) is 3.41. The first-order valence-electron chi connectivity index (χ1n) is 7.45. The summed E-state index contributed by atoms with van der Waals surface area (Å²) in [7, 11) is 1.68. The lowest BCUT2D eigenvalue weighted by molar-refractivity contribution is 0.00601. The summed E-state index contributed by atoms with van der Waals surface area (Å²) in [6, 6.07) is 8.24. The maximum atomic E-state index is 12.8. The Morgan fingerprint density at radius 3 is 2.53 bits per heavy atom. The molecule has 102 valence electrons. The Labute approximate surface area is 115 Å². The van der Waals surface area contributed by atoms with Crippen LogP contribution in [-0.4, -0.2) is 18.5 Å². The Balaban J connectivity index is 1.86. The zero-order valence-corrected chi connectivity index (χ0v) is 11.7. The van der Waals surface area contributed by atoms with E-state index in [0.717, 1.165) is 31.2 Å². The molecule has 0 radical (unpaired) electrons. The average molecular weight is 258 g/mol. The number of ketones is 1. The normalized spacial score (nSPS) is 22.2. The van der Waals surface area contributed by atoms with E-state index in [2.05, 4.69) is 12.1 Å². The molecule has 3 rings (SSSR count). The highest BCUT2D eigenvalue weighted by Gasteiger charge is 2.41. The summed E-state index contributed by atoms with van der Waals surface area (Å²) in [6.07, 6.45) is 7.81. The van der Waals surface area contributed by atoms with Crippen LogP contribution in [0.3, 0.4) is 0 Å². The second-order valence-electron chi connectivity index (χ2n) is 5.99. The summed E-state index contributed by atoms with van der Waals surface area (Å²) in [5.41, 5.74) is 1.63. The molecule has 2 aliphatic carbocycles. The van der Waals surface area contributed by atoms with Crippen molar-refractivity contribution in [2.24, 2.45) is 0 Å². The molecule has 19 heavy (non-hydrogen) atoms. The molecule has 0 unspecified atom stereocenters. The van der Waals surface area contributed by atoms with Crippen molar-refractivity contribution in [1.29, 1.82) is 0 Å². The predicted molar refractivity (Wildman–Crippen MR) is 75.6 cm³/mol. The molecule has 2 fully saturated rings. The van der Waals surface area contributed by atoms with Crippen molar-refractivity contribution in [2.75, 3.05) is 7.11 Å². The second-order valence-corrected chi connectivity index (χ2v) is 5.99. The summed E-state index contributed by atoms with van der Waals surface area (Å²) < 4.78 is 5.61. The van der Waals surface area contributed by atoms with Gasteiger partial charge in [-0.2, -0.15) is 0 Å². The number of carbonyl (C=O) groups excluding carboxylic acids is 1. The molecule has 0 saturated heterocycles. The maximum absolute atomic E-state index is 12.8. The SMILES string of the molecule is COC1(C(=O)c2cccc(C3CCC3)c2)CCCC1. The third kappa shape index (κ3) is 2.23. The lowest BCUT2D eigenvalue weighted by atomic mass is 9.79. The minimum absolute atomic E-state index is 0.189. The minimum atomic E-state index is -0.543. The van der Waals surface area contributed by atoms with Crippen LogP contribution in [0.2, 0.25) is 0 Å². The fraction of sp³-hybridized carbons (Fsp3) is 0.588. The van der Waals surface area contributed by atoms with Gasteiger partial charge in [0, 0.05) is 12.7 Å². The maximum Gasteiger partial charge on any atom is 0.194 e. The molecule has 1 aromatic rings. The highest BCUT2D eigenvalue weighted by molar-refractivity contribution is 6.02. The van der Waals surface area contributed by atoms with E-state index in [9.17, 15) is 4.79 Å². The van der Waals surface area contributed by atoms with Crippen LogP contribution >= 0.6 is 0 Å². The van der Waals surface area contributed by atoms with E-state index in [1.54, 1.807) is 7.11 Å². The van der Waals surface area contributed by atoms with E-state index < -0.39 is 5.60 Å². The number of Topliss-reactive ketones (excluding diaryl/α,β-unsaturated/α-hetero) is 1. The Bertz CT molecular complexity index is 468. The number of ether oxygens (including phenoxy) is 1. The zero-order chi connectivity index (χ0) is 13.3. The summed E-state index contributed by atoms with van der Waals surface area (Å²) in [6.45, 7) is 0. The van der Waals surface area contributed by atoms with E-state index >= 15 is 0 Å². The van der Waals surface area contributed by atoms with Crippen LogP contribution in [0.5, 0.6) is 0 Å². The van der Waals surface area contributed by atoms with Crippen molar-refractivity contribution in [2.45, 2.75) is 56.5 Å². The first kappa shape index (κ1) is 12.9. The van der Waals surface area contributed by atoms with Gasteiger partial charge in [-0.3, -0.25) is 4.79 Å². The van der Waals surface area contributed by atoms with Crippen LogP contribution in [0.1, 0.15) is 66.8 Å². The molecule has 0 N–H and O–H groups in total. The Morgan fingerprint density at radius 1 is 1.21 bits per heavy atom. The molecule has 0 heterocycles. The van der Waals surface area contributed by atoms with Crippen LogP contribution in [0.15, 0.2) is 24.3 Å². The molecule has 2 saturated carbocycles. The molecule has 2 nitrogen and oxygen atoms in total. The fourth-order valence-electron chi connectivity index (χ4n) is 3.41. The smallest absolute Gasteiger partial charge is 0.194 e. The monoisotopic (exact) mass is 258 g/mol. The van der Waals surface area contributed by atoms with Gasteiger partial charge >= 0.3 is 0 Å². The van der Waals surface area contributed by atoms with Gasteiger partial charge in [-0.05, 0) is 56.1 Å². The summed E-state index contributed by atoms with van der Waals surface area (Å²) in [5.74, 6) is 0.864. The Hall–Kier alpha value is -1.15. The highest BCUT2D eigenvalue weighted by atomic mass is 16.5. The van der Waals surface area contributed by atoms with Crippen molar-refractivity contribution in [1.82, 2.24) is 0 Å². The van der Waals surface area contributed by atoms with Gasteiger partial charge in [0.15, 0.2) is 5.78 Å². The summed E-state index contributed by atoms with van der Waals surface area (Å²) in [4.78, 5) is 12.8. The average Bonchev–Trinajstić information content (AvgIpc) is 2.86. The van der Waals surface area contributed by atoms with Gasteiger partial charge in [0.2, 0.25) is 0 Å². The minimum Gasteiger partial charge on any atom is -0.370 e. The lowest BCUT2D eigenvalue weighted by Gasteiger charge is -2.28. The molecular formula is C17H22O2. The summed E-state index contributed by atoms with van der Waals surface area (Å²) in [5, 5.41) is 0. The first-order valence-corrected chi connectivity index (χ1v) is 7.45. The molecule has 0 atom stereocenters. The van der Waals surface area contributed by atoms with Gasteiger partial charge in [0.1, 0.15) is 5.60 Å². The van der Waals surface area contributed by atoms with Crippen LogP contribution in [0.4, 0.5) is 0 Å². The summed E-state index contributed by atoms with van der Waals surface area (Å²) >= 11 is 0. The van der Waals surface area contributed by atoms with Gasteiger partial charge in [0.05, 0.1) is 0 Å². The van der Waals surface area contributed by atoms with E-state index in [1.807, 2.05) is 12.1 Å². The van der Waals surface area contributed by atoms with E-state index in [0.29, 0.717) is 5.92 Å². The number of carbonyl (C=O) groups is 1. The van der Waals surface area contributed by atoms with Crippen LogP contribution in [-0.2, 0) is 4.74 Å². The molecule has 0 amide bonds. The van der Waals surface area contributed by atoms with Gasteiger partial charge in [0.25, 0.3) is 0 Å². The highest BCUT2D eigenvalue weighted by Crippen LogP contribution is 2.38. The molecule has 0 aromatic heterocycles. The molecule has 0 aliphatic heterocycles. The van der Waals surface area contributed by atoms with Gasteiger partial charge in [-0.1, -0.05) is 24.6 Å². The second kappa shape index (κ2) is 5.09. The number of hydrogen-bond acceptors (Lipinski definition) is 2. The third-order valence-electron chi connectivity index (χ3n) is 4.94. The standard InChI is InChI=1S/C17H22O2/c1-19-17(10-2-3-11-17)16(18)15-9-5-8-14(12-15)13-6-4-7-13/h5,8-9,12-13H,2-4,6-7,10-11H2,1H3. The number of rotatable bonds is 4. The van der Waals surface area contributed by atoms with Crippen molar-refractivity contribution in [3.8, 4) is 0 Å². The van der Waals surface area contributed by atoms with Gasteiger partial charge in [-0.25, -0.2) is 0 Å². The van der Waals surface area contributed by atoms with Crippen molar-refractivity contribution >= 4 is 5.78 Å². The molecule has 2 heteroatoms. The lowest BCUT2D eigenvalue weighted by Crippen LogP contribution is -2.37. The van der Waals surface area contributed by atoms with Crippen molar-refractivity contribution < 1.29 is 9.53 Å². The van der Waals surface area contributed by atoms with Crippen molar-refractivity contribution in [3.63, 3.8) is 0 Å². The van der Waals surface area contributed by atoms with E-state index in [1.165, 1.54) is 24.8 Å². The van der Waals surface area contributed by atoms with Gasteiger partial charge in [-0.15, -0.1) is 0 Å².